The van der Waals surface area contributed by atoms with Crippen LogP contribution in [0.25, 0.3) is 16.6 Å². The van der Waals surface area contributed by atoms with Crippen LogP contribution in [0.3, 0.4) is 0 Å². The number of hydrogen-bond donors (Lipinski definition) is 2. The van der Waals surface area contributed by atoms with E-state index in [1.165, 1.54) is 0 Å². The summed E-state index contributed by atoms with van der Waals surface area (Å²) >= 11 is 0. The quantitative estimate of drug-likeness (QED) is 0.560. The first-order valence-corrected chi connectivity index (χ1v) is 9.11. The molecule has 0 spiro atoms. The number of rotatable bonds is 4. The normalized spacial score (nSPS) is 10.8. The summed E-state index contributed by atoms with van der Waals surface area (Å²) < 4.78 is 1.80. The summed E-state index contributed by atoms with van der Waals surface area (Å²) in [6.45, 7) is 4.34. The molecule has 0 saturated carbocycles. The number of carbonyl (C=O) groups is 1. The van der Waals surface area contributed by atoms with Crippen LogP contribution in [0.2, 0.25) is 0 Å². The van der Waals surface area contributed by atoms with E-state index in [0.29, 0.717) is 6.54 Å². The second-order valence-electron chi connectivity index (χ2n) is 6.73. The molecular weight excluding hydrogens is 350 g/mol. The Bertz CT molecular complexity index is 1130. The first-order valence-electron chi connectivity index (χ1n) is 9.11. The highest BCUT2D eigenvalue weighted by atomic mass is 16.2. The number of nitrogens with zero attached hydrogens (tertiary/aromatic N) is 3. The molecule has 4 rings (SSSR count). The molecule has 0 aliphatic carbocycles. The second-order valence-corrected chi connectivity index (χ2v) is 6.73. The van der Waals surface area contributed by atoms with Crippen molar-refractivity contribution in [2.24, 2.45) is 0 Å². The number of fused-ring (bicyclic) bond motifs is 1. The maximum atomic E-state index is 12.2. The van der Waals surface area contributed by atoms with Crippen LogP contribution < -0.4 is 10.6 Å². The first kappa shape index (κ1) is 17.7. The minimum atomic E-state index is -0.252. The predicted molar refractivity (Wildman–Crippen MR) is 111 cm³/mol. The highest BCUT2D eigenvalue weighted by Gasteiger charge is 2.06. The summed E-state index contributed by atoms with van der Waals surface area (Å²) in [7, 11) is 0. The third kappa shape index (κ3) is 3.86. The molecule has 28 heavy (non-hydrogen) atoms. The Labute approximate surface area is 163 Å². The summed E-state index contributed by atoms with van der Waals surface area (Å²) in [5.74, 6) is 0.759. The van der Waals surface area contributed by atoms with Gasteiger partial charge in [-0.3, -0.25) is 0 Å². The fourth-order valence-electron chi connectivity index (χ4n) is 3.13. The molecule has 6 nitrogen and oxygen atoms in total. The average molecular weight is 371 g/mol. The van der Waals surface area contributed by atoms with Gasteiger partial charge in [-0.1, -0.05) is 36.4 Å². The second kappa shape index (κ2) is 7.52. The van der Waals surface area contributed by atoms with E-state index in [2.05, 4.69) is 20.7 Å². The molecule has 0 aliphatic rings. The SMILES string of the molecule is Cc1cc(C)n(-c2ccc(CNC(=O)Nc3ccc4ccccc4c3)cn2)n1. The molecule has 2 amide bonds. The van der Waals surface area contributed by atoms with Gasteiger partial charge in [0.15, 0.2) is 5.82 Å². The van der Waals surface area contributed by atoms with Crippen molar-refractivity contribution >= 4 is 22.5 Å². The molecule has 0 unspecified atom stereocenters. The standard InChI is InChI=1S/C22H21N5O/c1-15-11-16(2)27(26-15)21-10-7-17(13-23-21)14-24-22(28)25-20-9-8-18-5-3-4-6-19(18)12-20/h3-13H,14H2,1-2H3,(H2,24,25,28). The van der Waals surface area contributed by atoms with Crippen LogP contribution in [0.15, 0.2) is 66.9 Å². The van der Waals surface area contributed by atoms with Gasteiger partial charge < -0.3 is 10.6 Å². The Morgan fingerprint density at radius 1 is 1.00 bits per heavy atom. The molecule has 140 valence electrons. The molecular formula is C22H21N5O. The van der Waals surface area contributed by atoms with Crippen molar-refractivity contribution in [1.29, 1.82) is 0 Å². The number of pyridine rings is 1. The van der Waals surface area contributed by atoms with Crippen LogP contribution in [-0.4, -0.2) is 20.8 Å². The summed E-state index contributed by atoms with van der Waals surface area (Å²) in [5, 5.41) is 12.4. The molecule has 0 bridgehead atoms. The molecule has 0 radical (unpaired) electrons. The topological polar surface area (TPSA) is 71.8 Å². The van der Waals surface area contributed by atoms with Gasteiger partial charge in [0.05, 0.1) is 5.69 Å². The van der Waals surface area contributed by atoms with Crippen molar-refractivity contribution in [2.45, 2.75) is 20.4 Å². The van der Waals surface area contributed by atoms with Gasteiger partial charge >= 0.3 is 6.03 Å². The number of hydrogen-bond acceptors (Lipinski definition) is 3. The van der Waals surface area contributed by atoms with Crippen molar-refractivity contribution in [2.75, 3.05) is 5.32 Å². The van der Waals surface area contributed by atoms with Crippen molar-refractivity contribution in [3.63, 3.8) is 0 Å². The van der Waals surface area contributed by atoms with Crippen molar-refractivity contribution in [3.05, 3.63) is 83.8 Å². The van der Waals surface area contributed by atoms with Crippen molar-refractivity contribution in [1.82, 2.24) is 20.1 Å². The molecule has 0 saturated heterocycles. The molecule has 4 aromatic rings. The third-order valence-corrected chi connectivity index (χ3v) is 4.50. The van der Waals surface area contributed by atoms with E-state index >= 15 is 0 Å². The van der Waals surface area contributed by atoms with Crippen LogP contribution in [0.4, 0.5) is 10.5 Å². The fraction of sp³-hybridized carbons (Fsp3) is 0.136. The Hall–Kier alpha value is -3.67. The largest absolute Gasteiger partial charge is 0.334 e. The lowest BCUT2D eigenvalue weighted by atomic mass is 10.1. The Morgan fingerprint density at radius 3 is 2.54 bits per heavy atom. The molecule has 0 fully saturated rings. The summed E-state index contributed by atoms with van der Waals surface area (Å²) in [6, 6.07) is 19.5. The Balaban J connectivity index is 1.37. The van der Waals surface area contributed by atoms with Gasteiger partial charge in [0.1, 0.15) is 0 Å². The van der Waals surface area contributed by atoms with E-state index in [0.717, 1.165) is 39.2 Å². The molecule has 2 N–H and O–H groups in total. The predicted octanol–water partition coefficient (Wildman–Crippen LogP) is 4.36. The van der Waals surface area contributed by atoms with Gasteiger partial charge in [-0.2, -0.15) is 5.10 Å². The lowest BCUT2D eigenvalue weighted by molar-refractivity contribution is 0.251. The van der Waals surface area contributed by atoms with Gasteiger partial charge in [0.25, 0.3) is 0 Å². The van der Waals surface area contributed by atoms with Crippen LogP contribution >= 0.6 is 0 Å². The van der Waals surface area contributed by atoms with Gasteiger partial charge in [0, 0.05) is 24.1 Å². The van der Waals surface area contributed by atoms with E-state index in [1.807, 2.05) is 74.5 Å². The highest BCUT2D eigenvalue weighted by molar-refractivity contribution is 5.93. The fourth-order valence-corrected chi connectivity index (χ4v) is 3.13. The summed E-state index contributed by atoms with van der Waals surface area (Å²) in [5.41, 5.74) is 3.66. The zero-order chi connectivity index (χ0) is 19.5. The Kier molecular flexibility index (Phi) is 4.76. The molecule has 0 aliphatic heterocycles. The van der Waals surface area contributed by atoms with E-state index in [9.17, 15) is 4.79 Å². The number of benzene rings is 2. The lowest BCUT2D eigenvalue weighted by Gasteiger charge is -2.09. The third-order valence-electron chi connectivity index (χ3n) is 4.50. The van der Waals surface area contributed by atoms with Crippen molar-refractivity contribution < 1.29 is 4.79 Å². The molecule has 0 atom stereocenters. The number of anilines is 1. The summed E-state index contributed by atoms with van der Waals surface area (Å²) in [4.78, 5) is 16.6. The molecule has 2 aromatic heterocycles. The maximum Gasteiger partial charge on any atom is 0.319 e. The number of urea groups is 1. The van der Waals surface area contributed by atoms with E-state index in [-0.39, 0.29) is 6.03 Å². The number of aromatic nitrogens is 3. The molecule has 6 heteroatoms. The number of amides is 2. The monoisotopic (exact) mass is 371 g/mol. The van der Waals surface area contributed by atoms with Crippen LogP contribution in [0.5, 0.6) is 0 Å². The van der Waals surface area contributed by atoms with Gasteiger partial charge in [-0.05, 0) is 54.4 Å². The number of aryl methyl sites for hydroxylation is 2. The van der Waals surface area contributed by atoms with E-state index in [1.54, 1.807) is 10.9 Å². The minimum absolute atomic E-state index is 0.252. The van der Waals surface area contributed by atoms with Gasteiger partial charge in [-0.15, -0.1) is 0 Å². The van der Waals surface area contributed by atoms with E-state index < -0.39 is 0 Å². The van der Waals surface area contributed by atoms with E-state index in [4.69, 9.17) is 0 Å². The molecule has 2 aromatic carbocycles. The van der Waals surface area contributed by atoms with Crippen LogP contribution in [0.1, 0.15) is 17.0 Å². The average Bonchev–Trinajstić information content (AvgIpc) is 3.05. The maximum absolute atomic E-state index is 12.2. The zero-order valence-corrected chi connectivity index (χ0v) is 15.8. The minimum Gasteiger partial charge on any atom is -0.334 e. The first-order chi connectivity index (χ1) is 13.6. The lowest BCUT2D eigenvalue weighted by Crippen LogP contribution is -2.28. The van der Waals surface area contributed by atoms with Crippen molar-refractivity contribution in [3.8, 4) is 5.82 Å². The highest BCUT2D eigenvalue weighted by Crippen LogP contribution is 2.18. The zero-order valence-electron chi connectivity index (χ0n) is 15.8. The van der Waals surface area contributed by atoms with Crippen LogP contribution in [0, 0.1) is 13.8 Å². The number of nitrogens with one attached hydrogen (secondary N) is 2. The number of carbonyl (C=O) groups excluding carboxylic acids is 1. The Morgan fingerprint density at radius 2 is 1.82 bits per heavy atom. The molecule has 2 heterocycles. The summed E-state index contributed by atoms with van der Waals surface area (Å²) in [6.07, 6.45) is 1.75. The van der Waals surface area contributed by atoms with Crippen LogP contribution in [-0.2, 0) is 6.54 Å². The van der Waals surface area contributed by atoms with Gasteiger partial charge in [-0.25, -0.2) is 14.5 Å². The smallest absolute Gasteiger partial charge is 0.319 e. The van der Waals surface area contributed by atoms with Gasteiger partial charge in [0.2, 0.25) is 0 Å².